The van der Waals surface area contributed by atoms with Crippen molar-refractivity contribution >= 4 is 0 Å². The van der Waals surface area contributed by atoms with Crippen LogP contribution >= 0.6 is 0 Å². The third kappa shape index (κ3) is 5.19. The van der Waals surface area contributed by atoms with E-state index >= 15 is 0 Å². The van der Waals surface area contributed by atoms with E-state index < -0.39 is 5.60 Å². The Kier molecular flexibility index (Phi) is 6.28. The molecular weight excluding hydrogens is 242 g/mol. The van der Waals surface area contributed by atoms with Crippen LogP contribution in [-0.4, -0.2) is 38.0 Å². The summed E-state index contributed by atoms with van der Waals surface area (Å²) in [5, 5.41) is 13.8. The van der Waals surface area contributed by atoms with Gasteiger partial charge in [0.1, 0.15) is 11.4 Å². The zero-order chi connectivity index (χ0) is 14.3. The van der Waals surface area contributed by atoms with Crippen molar-refractivity contribution < 1.29 is 14.6 Å². The molecule has 1 aromatic rings. The normalized spacial score (nSPS) is 14.4. The molecule has 108 valence electrons. The first-order chi connectivity index (χ1) is 8.97. The van der Waals surface area contributed by atoms with Gasteiger partial charge in [0, 0.05) is 25.8 Å². The van der Waals surface area contributed by atoms with E-state index in [4.69, 9.17) is 9.47 Å². The number of hydrogen-bond acceptors (Lipinski definition) is 4. The molecule has 0 saturated carbocycles. The first-order valence-corrected chi connectivity index (χ1v) is 6.65. The quantitative estimate of drug-likeness (QED) is 0.707. The highest BCUT2D eigenvalue weighted by Crippen LogP contribution is 2.30. The van der Waals surface area contributed by atoms with Gasteiger partial charge in [-0.15, -0.1) is 0 Å². The first-order valence-electron chi connectivity index (χ1n) is 6.65. The van der Waals surface area contributed by atoms with Gasteiger partial charge in [-0.05, 0) is 26.8 Å². The van der Waals surface area contributed by atoms with Crippen LogP contribution in [0.3, 0.4) is 0 Å². The zero-order valence-electron chi connectivity index (χ0n) is 12.3. The second kappa shape index (κ2) is 7.48. The Morgan fingerprint density at radius 2 is 2.00 bits per heavy atom. The van der Waals surface area contributed by atoms with Crippen molar-refractivity contribution in [2.45, 2.75) is 32.5 Å². The van der Waals surface area contributed by atoms with Crippen LogP contribution in [0.4, 0.5) is 0 Å². The van der Waals surface area contributed by atoms with E-state index in [9.17, 15) is 5.11 Å². The molecule has 2 N–H and O–H groups in total. The monoisotopic (exact) mass is 267 g/mol. The number of methoxy groups -OCH3 is 1. The molecule has 0 spiro atoms. The molecule has 1 rings (SSSR count). The van der Waals surface area contributed by atoms with Gasteiger partial charge in [0.25, 0.3) is 0 Å². The zero-order valence-corrected chi connectivity index (χ0v) is 12.3. The Morgan fingerprint density at radius 3 is 2.63 bits per heavy atom. The fourth-order valence-corrected chi connectivity index (χ4v) is 1.87. The molecule has 0 heterocycles. The largest absolute Gasteiger partial charge is 0.491 e. The topological polar surface area (TPSA) is 50.7 Å². The predicted octanol–water partition coefficient (Wildman–Crippen LogP) is 1.92. The van der Waals surface area contributed by atoms with E-state index in [1.807, 2.05) is 38.1 Å². The van der Waals surface area contributed by atoms with Gasteiger partial charge in [-0.25, -0.2) is 0 Å². The van der Waals surface area contributed by atoms with E-state index in [1.165, 1.54) is 0 Å². The Labute approximate surface area is 115 Å². The molecule has 4 heteroatoms. The minimum absolute atomic E-state index is 0.0819. The summed E-state index contributed by atoms with van der Waals surface area (Å²) in [6, 6.07) is 7.61. The average Bonchev–Trinajstić information content (AvgIpc) is 2.34. The van der Waals surface area contributed by atoms with Crippen LogP contribution in [0.15, 0.2) is 24.3 Å². The van der Waals surface area contributed by atoms with Crippen molar-refractivity contribution in [3.05, 3.63) is 29.8 Å². The molecule has 0 amide bonds. The summed E-state index contributed by atoms with van der Waals surface area (Å²) in [7, 11) is 1.66. The van der Waals surface area contributed by atoms with Crippen LogP contribution < -0.4 is 10.1 Å². The second-order valence-electron chi connectivity index (χ2n) is 5.11. The highest BCUT2D eigenvalue weighted by atomic mass is 16.5. The number of benzene rings is 1. The number of ether oxygens (including phenoxy) is 2. The van der Waals surface area contributed by atoms with Crippen LogP contribution in [0, 0.1) is 0 Å². The highest BCUT2D eigenvalue weighted by molar-refractivity contribution is 5.38. The summed E-state index contributed by atoms with van der Waals surface area (Å²) in [5.74, 6) is 0.732. The molecule has 0 radical (unpaired) electrons. The molecule has 0 aromatic heterocycles. The minimum Gasteiger partial charge on any atom is -0.491 e. The number of aliphatic hydroxyl groups is 1. The molecule has 0 aliphatic rings. The molecule has 0 bridgehead atoms. The summed E-state index contributed by atoms with van der Waals surface area (Å²) in [4.78, 5) is 0. The third-order valence-corrected chi connectivity index (χ3v) is 2.78. The Bertz CT molecular complexity index is 377. The lowest BCUT2D eigenvalue weighted by Crippen LogP contribution is -2.37. The van der Waals surface area contributed by atoms with E-state index in [2.05, 4.69) is 5.32 Å². The van der Waals surface area contributed by atoms with Gasteiger partial charge < -0.3 is 19.9 Å². The number of hydrogen-bond donors (Lipinski definition) is 2. The smallest absolute Gasteiger partial charge is 0.125 e. The van der Waals surface area contributed by atoms with Crippen molar-refractivity contribution in [2.24, 2.45) is 0 Å². The lowest BCUT2D eigenvalue weighted by molar-refractivity contribution is 0.0506. The Hall–Kier alpha value is -1.10. The van der Waals surface area contributed by atoms with Gasteiger partial charge in [0.15, 0.2) is 0 Å². The molecular formula is C15H25NO3. The van der Waals surface area contributed by atoms with Gasteiger partial charge >= 0.3 is 0 Å². The van der Waals surface area contributed by atoms with E-state index in [0.29, 0.717) is 19.7 Å². The molecule has 4 nitrogen and oxygen atoms in total. The molecule has 0 fully saturated rings. The summed E-state index contributed by atoms with van der Waals surface area (Å²) in [5.41, 5.74) is -0.173. The van der Waals surface area contributed by atoms with Gasteiger partial charge in [0.05, 0.1) is 12.7 Å². The van der Waals surface area contributed by atoms with Gasteiger partial charge in [-0.3, -0.25) is 0 Å². The molecule has 0 aliphatic carbocycles. The molecule has 0 saturated heterocycles. The second-order valence-corrected chi connectivity index (χ2v) is 5.11. The van der Waals surface area contributed by atoms with Gasteiger partial charge in [-0.1, -0.05) is 18.2 Å². The lowest BCUT2D eigenvalue weighted by atomic mass is 9.95. The van der Waals surface area contributed by atoms with Crippen molar-refractivity contribution in [2.75, 3.05) is 26.8 Å². The average molecular weight is 267 g/mol. The molecule has 1 aromatic carbocycles. The van der Waals surface area contributed by atoms with Crippen molar-refractivity contribution in [1.82, 2.24) is 5.32 Å². The predicted molar refractivity (Wildman–Crippen MR) is 76.5 cm³/mol. The van der Waals surface area contributed by atoms with Crippen molar-refractivity contribution in [1.29, 1.82) is 0 Å². The number of nitrogens with one attached hydrogen (secondary N) is 1. The van der Waals surface area contributed by atoms with Crippen molar-refractivity contribution in [3.63, 3.8) is 0 Å². The van der Waals surface area contributed by atoms with Crippen LogP contribution in [0.1, 0.15) is 26.3 Å². The summed E-state index contributed by atoms with van der Waals surface area (Å²) < 4.78 is 10.7. The third-order valence-electron chi connectivity index (χ3n) is 2.78. The van der Waals surface area contributed by atoms with Crippen LogP contribution in [0.2, 0.25) is 0 Å². The SMILES string of the molecule is COCCNCC(C)(O)c1ccccc1OC(C)C. The standard InChI is InChI=1S/C15H25NO3/c1-12(2)19-14-8-6-5-7-13(14)15(3,17)11-16-9-10-18-4/h5-8,12,16-17H,9-11H2,1-4H3. The van der Waals surface area contributed by atoms with E-state index in [1.54, 1.807) is 14.0 Å². The van der Waals surface area contributed by atoms with Gasteiger partial charge in [0.2, 0.25) is 0 Å². The molecule has 0 aliphatic heterocycles. The van der Waals surface area contributed by atoms with E-state index in [-0.39, 0.29) is 6.10 Å². The first kappa shape index (κ1) is 16.0. The van der Waals surface area contributed by atoms with Gasteiger partial charge in [-0.2, -0.15) is 0 Å². The number of para-hydroxylation sites is 1. The Balaban J connectivity index is 2.75. The maximum Gasteiger partial charge on any atom is 0.125 e. The highest BCUT2D eigenvalue weighted by Gasteiger charge is 2.26. The minimum atomic E-state index is -0.973. The Morgan fingerprint density at radius 1 is 1.32 bits per heavy atom. The summed E-state index contributed by atoms with van der Waals surface area (Å²) >= 11 is 0. The van der Waals surface area contributed by atoms with Crippen LogP contribution in [-0.2, 0) is 10.3 Å². The number of rotatable bonds is 8. The maximum atomic E-state index is 10.6. The molecule has 19 heavy (non-hydrogen) atoms. The maximum absolute atomic E-state index is 10.6. The van der Waals surface area contributed by atoms with Crippen LogP contribution in [0.5, 0.6) is 5.75 Å². The fraction of sp³-hybridized carbons (Fsp3) is 0.600. The fourth-order valence-electron chi connectivity index (χ4n) is 1.87. The van der Waals surface area contributed by atoms with E-state index in [0.717, 1.165) is 11.3 Å². The summed E-state index contributed by atoms with van der Waals surface area (Å²) in [6.45, 7) is 7.52. The van der Waals surface area contributed by atoms with Crippen LogP contribution in [0.25, 0.3) is 0 Å². The molecule has 1 unspecified atom stereocenters. The van der Waals surface area contributed by atoms with Crippen molar-refractivity contribution in [3.8, 4) is 5.75 Å². The summed E-state index contributed by atoms with van der Waals surface area (Å²) in [6.07, 6.45) is 0.0819. The lowest BCUT2D eigenvalue weighted by Gasteiger charge is -2.27. The molecule has 1 atom stereocenters.